The van der Waals surface area contributed by atoms with Crippen LogP contribution >= 0.6 is 15.9 Å². The molecule has 0 amide bonds. The second kappa shape index (κ2) is 12.2. The van der Waals surface area contributed by atoms with Crippen molar-refractivity contribution < 1.29 is 0 Å². The molecule has 0 aliphatic carbocycles. The lowest BCUT2D eigenvalue weighted by molar-refractivity contribution is 1.14. The van der Waals surface area contributed by atoms with Gasteiger partial charge in [-0.1, -0.05) is 107 Å². The number of rotatable bonds is 7. The van der Waals surface area contributed by atoms with E-state index in [1.54, 1.807) is 0 Å². The van der Waals surface area contributed by atoms with Gasteiger partial charge >= 0.3 is 0 Å². The van der Waals surface area contributed by atoms with Crippen molar-refractivity contribution >= 4 is 33.0 Å². The van der Waals surface area contributed by atoms with Crippen LogP contribution in [0, 0.1) is 13.8 Å². The van der Waals surface area contributed by atoms with Crippen LogP contribution in [-0.2, 0) is 6.42 Å². The number of hydrogen-bond acceptors (Lipinski definition) is 2. The molecule has 6 aromatic rings. The third kappa shape index (κ3) is 6.07. The summed E-state index contributed by atoms with van der Waals surface area (Å²) < 4.78 is 1.06. The van der Waals surface area contributed by atoms with E-state index >= 15 is 0 Å². The van der Waals surface area contributed by atoms with Crippen molar-refractivity contribution in [3.05, 3.63) is 155 Å². The molecule has 0 unspecified atom stereocenters. The quantitative estimate of drug-likeness (QED) is 0.179. The Balaban J connectivity index is 1.42. The molecule has 6 rings (SSSR count). The first kappa shape index (κ1) is 27.7. The summed E-state index contributed by atoms with van der Waals surface area (Å²) in [5, 5.41) is 0. The van der Waals surface area contributed by atoms with Gasteiger partial charge in [0.2, 0.25) is 0 Å². The van der Waals surface area contributed by atoms with Crippen LogP contribution in [0.2, 0.25) is 0 Å². The predicted octanol–water partition coefficient (Wildman–Crippen LogP) is 11.5. The zero-order valence-corrected chi connectivity index (χ0v) is 25.8. The Kier molecular flexibility index (Phi) is 8.03. The smallest absolute Gasteiger partial charge is 0.0715 e. The molecule has 0 saturated carbocycles. The van der Waals surface area contributed by atoms with Crippen LogP contribution < -0.4 is 4.90 Å². The normalized spacial score (nSPS) is 11.0. The van der Waals surface area contributed by atoms with Gasteiger partial charge in [-0.2, -0.15) is 0 Å². The molecule has 0 saturated heterocycles. The van der Waals surface area contributed by atoms with Gasteiger partial charge in [0, 0.05) is 32.7 Å². The van der Waals surface area contributed by atoms with Gasteiger partial charge in [-0.25, -0.2) is 4.98 Å². The lowest BCUT2D eigenvalue weighted by Crippen LogP contribution is -2.09. The summed E-state index contributed by atoms with van der Waals surface area (Å²) in [5.41, 5.74) is 13.6. The topological polar surface area (TPSA) is 16.1 Å². The number of benzene rings is 5. The highest BCUT2D eigenvalue weighted by atomic mass is 79.9. The van der Waals surface area contributed by atoms with E-state index in [4.69, 9.17) is 4.98 Å². The minimum Gasteiger partial charge on any atom is -0.311 e. The minimum absolute atomic E-state index is 0.958. The molecule has 0 bridgehead atoms. The second-order valence-electron chi connectivity index (χ2n) is 10.7. The van der Waals surface area contributed by atoms with E-state index in [-0.39, 0.29) is 0 Å². The van der Waals surface area contributed by atoms with E-state index in [2.05, 4.69) is 175 Å². The van der Waals surface area contributed by atoms with Crippen molar-refractivity contribution in [1.29, 1.82) is 0 Å². The number of nitrogens with zero attached hydrogens (tertiary/aromatic N) is 2. The van der Waals surface area contributed by atoms with Gasteiger partial charge in [-0.3, -0.25) is 0 Å². The average Bonchev–Trinajstić information content (AvgIpc) is 3.03. The standard InChI is InChI=1S/C39H33BrN2/c1-4-29-9-11-31(12-10-29)38-25-33(26-39(41-38)32-13-17-34(40)18-14-32)30-15-23-37(24-16-30)42(35-19-5-27(2)6-20-35)36-21-7-28(3)8-22-36/h5-26H,4H2,1-3H3. The van der Waals surface area contributed by atoms with Crippen LogP contribution in [0.5, 0.6) is 0 Å². The highest BCUT2D eigenvalue weighted by Crippen LogP contribution is 2.37. The summed E-state index contributed by atoms with van der Waals surface area (Å²) >= 11 is 3.57. The van der Waals surface area contributed by atoms with Crippen LogP contribution in [-0.4, -0.2) is 4.98 Å². The first-order valence-electron chi connectivity index (χ1n) is 14.4. The number of aryl methyl sites for hydroxylation is 3. The van der Waals surface area contributed by atoms with Gasteiger partial charge in [-0.05, 0) is 97.6 Å². The van der Waals surface area contributed by atoms with E-state index in [0.717, 1.165) is 61.6 Å². The fourth-order valence-electron chi connectivity index (χ4n) is 5.16. The van der Waals surface area contributed by atoms with Crippen LogP contribution in [0.4, 0.5) is 17.1 Å². The van der Waals surface area contributed by atoms with Gasteiger partial charge in [0.1, 0.15) is 0 Å². The SMILES string of the molecule is CCc1ccc(-c2cc(-c3ccc(N(c4ccc(C)cc4)c4ccc(C)cc4)cc3)cc(-c3ccc(Br)cc3)n2)cc1. The van der Waals surface area contributed by atoms with Crippen LogP contribution in [0.3, 0.4) is 0 Å². The maximum absolute atomic E-state index is 5.10. The molecule has 206 valence electrons. The summed E-state index contributed by atoms with van der Waals surface area (Å²) in [7, 11) is 0. The lowest BCUT2D eigenvalue weighted by Gasteiger charge is -2.26. The molecular formula is C39H33BrN2. The number of halogens is 1. The zero-order chi connectivity index (χ0) is 29.1. The second-order valence-corrected chi connectivity index (χ2v) is 11.7. The van der Waals surface area contributed by atoms with Crippen molar-refractivity contribution in [1.82, 2.24) is 4.98 Å². The van der Waals surface area contributed by atoms with Crippen LogP contribution in [0.25, 0.3) is 33.6 Å². The molecule has 3 heteroatoms. The summed E-state index contributed by atoms with van der Waals surface area (Å²) in [6.45, 7) is 6.43. The monoisotopic (exact) mass is 608 g/mol. The molecule has 0 fully saturated rings. The van der Waals surface area contributed by atoms with Crippen LogP contribution in [0.1, 0.15) is 23.6 Å². The molecule has 5 aromatic carbocycles. The maximum Gasteiger partial charge on any atom is 0.0715 e. The summed E-state index contributed by atoms with van der Waals surface area (Å²) in [6, 6.07) is 47.8. The predicted molar refractivity (Wildman–Crippen MR) is 182 cm³/mol. The Morgan fingerprint density at radius 1 is 0.500 bits per heavy atom. The number of anilines is 3. The maximum atomic E-state index is 5.10. The largest absolute Gasteiger partial charge is 0.311 e. The third-order valence-electron chi connectivity index (χ3n) is 7.67. The Labute approximate surface area is 257 Å². The third-order valence-corrected chi connectivity index (χ3v) is 8.20. The highest BCUT2D eigenvalue weighted by molar-refractivity contribution is 9.10. The molecular weight excluding hydrogens is 576 g/mol. The van der Waals surface area contributed by atoms with E-state index in [0.29, 0.717) is 0 Å². The molecule has 1 heterocycles. The number of pyridine rings is 1. The highest BCUT2D eigenvalue weighted by Gasteiger charge is 2.14. The van der Waals surface area contributed by atoms with Crippen molar-refractivity contribution in [2.45, 2.75) is 27.2 Å². The van der Waals surface area contributed by atoms with E-state index < -0.39 is 0 Å². The molecule has 0 radical (unpaired) electrons. The zero-order valence-electron chi connectivity index (χ0n) is 24.2. The summed E-state index contributed by atoms with van der Waals surface area (Å²) in [5.74, 6) is 0. The molecule has 0 spiro atoms. The Hall–Kier alpha value is -4.47. The molecule has 1 aromatic heterocycles. The lowest BCUT2D eigenvalue weighted by atomic mass is 9.99. The van der Waals surface area contributed by atoms with Crippen molar-refractivity contribution in [2.75, 3.05) is 4.90 Å². The first-order chi connectivity index (χ1) is 20.5. The van der Waals surface area contributed by atoms with E-state index in [9.17, 15) is 0 Å². The fourth-order valence-corrected chi connectivity index (χ4v) is 5.43. The van der Waals surface area contributed by atoms with E-state index in [1.165, 1.54) is 16.7 Å². The van der Waals surface area contributed by atoms with Gasteiger partial charge in [-0.15, -0.1) is 0 Å². The van der Waals surface area contributed by atoms with Crippen molar-refractivity contribution in [3.8, 4) is 33.6 Å². The van der Waals surface area contributed by atoms with Crippen molar-refractivity contribution in [2.24, 2.45) is 0 Å². The number of aromatic nitrogens is 1. The Morgan fingerprint density at radius 2 is 0.905 bits per heavy atom. The minimum atomic E-state index is 0.958. The van der Waals surface area contributed by atoms with E-state index in [1.807, 2.05) is 0 Å². The van der Waals surface area contributed by atoms with Crippen LogP contribution in [0.15, 0.2) is 138 Å². The van der Waals surface area contributed by atoms with Gasteiger partial charge in [0.05, 0.1) is 11.4 Å². The van der Waals surface area contributed by atoms with Gasteiger partial charge in [0.25, 0.3) is 0 Å². The molecule has 0 aliphatic rings. The fraction of sp³-hybridized carbons (Fsp3) is 0.103. The molecule has 0 N–H and O–H groups in total. The molecule has 0 atom stereocenters. The van der Waals surface area contributed by atoms with Gasteiger partial charge in [0.15, 0.2) is 0 Å². The van der Waals surface area contributed by atoms with Crippen molar-refractivity contribution in [3.63, 3.8) is 0 Å². The summed E-state index contributed by atoms with van der Waals surface area (Å²) in [6.07, 6.45) is 1.02. The number of hydrogen-bond donors (Lipinski definition) is 0. The summed E-state index contributed by atoms with van der Waals surface area (Å²) in [4.78, 5) is 7.41. The Morgan fingerprint density at radius 3 is 1.36 bits per heavy atom. The Bertz CT molecular complexity index is 1740. The van der Waals surface area contributed by atoms with Gasteiger partial charge < -0.3 is 4.90 Å². The molecule has 2 nitrogen and oxygen atoms in total. The first-order valence-corrected chi connectivity index (χ1v) is 15.2. The average molecular weight is 610 g/mol. The molecule has 0 aliphatic heterocycles. The molecule has 42 heavy (non-hydrogen) atoms.